The van der Waals surface area contributed by atoms with Crippen molar-refractivity contribution in [3.8, 4) is 0 Å². The van der Waals surface area contributed by atoms with Crippen LogP contribution in [0.4, 0.5) is 34.6 Å². The third-order valence-corrected chi connectivity index (χ3v) is 6.07. The van der Waals surface area contributed by atoms with Gasteiger partial charge in [0.05, 0.1) is 29.1 Å². The molecule has 4 N–H and O–H groups in total. The minimum atomic E-state index is -4.73. The molecule has 2 aromatic carbocycles. The number of aromatic nitrogens is 1. The number of amides is 2. The Kier molecular flexibility index (Phi) is 7.81. The summed E-state index contributed by atoms with van der Waals surface area (Å²) >= 11 is 0. The van der Waals surface area contributed by atoms with Crippen molar-refractivity contribution < 1.29 is 31.9 Å². The first-order valence-electron chi connectivity index (χ1n) is 11.6. The number of alkyl halides is 3. The maximum atomic E-state index is 13.3. The zero-order valence-electron chi connectivity index (χ0n) is 20.3. The second-order valence-electron chi connectivity index (χ2n) is 8.74. The number of benzene rings is 2. The lowest BCUT2D eigenvalue weighted by Crippen LogP contribution is -2.59. The lowest BCUT2D eigenvalue weighted by molar-refractivity contribution is -0.137. The second-order valence-corrected chi connectivity index (χ2v) is 8.74. The van der Waals surface area contributed by atoms with Crippen molar-refractivity contribution in [3.05, 3.63) is 83.4 Å². The first-order chi connectivity index (χ1) is 18.1. The van der Waals surface area contributed by atoms with E-state index in [0.717, 1.165) is 12.1 Å². The van der Waals surface area contributed by atoms with Crippen LogP contribution in [0.3, 0.4) is 0 Å². The zero-order valence-corrected chi connectivity index (χ0v) is 20.3. The van der Waals surface area contributed by atoms with Crippen LogP contribution in [0, 0.1) is 5.82 Å². The van der Waals surface area contributed by atoms with Gasteiger partial charge >= 0.3 is 6.18 Å². The molecule has 2 amide bonds. The van der Waals surface area contributed by atoms with E-state index in [1.54, 1.807) is 43.6 Å². The molecule has 1 saturated heterocycles. The average Bonchev–Trinajstić information content (AvgIpc) is 3.38. The molecule has 2 heterocycles. The van der Waals surface area contributed by atoms with Gasteiger partial charge in [-0.1, -0.05) is 12.1 Å². The van der Waals surface area contributed by atoms with E-state index in [-0.39, 0.29) is 30.8 Å². The summed E-state index contributed by atoms with van der Waals surface area (Å²) in [6.45, 7) is 0.413. The fourth-order valence-electron chi connectivity index (χ4n) is 3.96. The van der Waals surface area contributed by atoms with Crippen LogP contribution in [0.25, 0.3) is 0 Å². The van der Waals surface area contributed by atoms with Crippen molar-refractivity contribution in [1.82, 2.24) is 15.6 Å². The number of rotatable bonds is 8. The summed E-state index contributed by atoms with van der Waals surface area (Å²) in [4.78, 5) is 30.0. The van der Waals surface area contributed by atoms with Gasteiger partial charge in [0, 0.05) is 44.7 Å². The molecule has 0 bridgehead atoms. The van der Waals surface area contributed by atoms with Crippen molar-refractivity contribution >= 4 is 28.9 Å². The number of carbonyl (C=O) groups excluding carboxylic acids is 2. The number of nitrogens with zero attached hydrogens (tertiary/aromatic N) is 1. The normalized spacial score (nSPS) is 17.1. The highest BCUT2D eigenvalue weighted by Crippen LogP contribution is 2.36. The molecule has 0 radical (unpaired) electrons. The summed E-state index contributed by atoms with van der Waals surface area (Å²) in [5.74, 6) is -1.88. The topological polar surface area (TPSA) is 104 Å². The number of halogens is 4. The van der Waals surface area contributed by atoms with E-state index in [4.69, 9.17) is 4.74 Å². The van der Waals surface area contributed by atoms with Crippen LogP contribution in [-0.2, 0) is 22.3 Å². The largest absolute Gasteiger partial charge is 0.418 e. The van der Waals surface area contributed by atoms with Gasteiger partial charge < -0.3 is 26.0 Å². The van der Waals surface area contributed by atoms with Crippen LogP contribution in [-0.4, -0.2) is 42.6 Å². The highest BCUT2D eigenvalue weighted by atomic mass is 19.4. The summed E-state index contributed by atoms with van der Waals surface area (Å²) in [5.41, 5.74) is -0.708. The van der Waals surface area contributed by atoms with E-state index in [9.17, 15) is 27.2 Å². The van der Waals surface area contributed by atoms with Crippen LogP contribution in [0.15, 0.2) is 60.9 Å². The molecule has 1 atom stereocenters. The van der Waals surface area contributed by atoms with Crippen molar-refractivity contribution in [2.24, 2.45) is 0 Å². The monoisotopic (exact) mass is 531 g/mol. The minimum Gasteiger partial charge on any atom is -0.387 e. The standard InChI is InChI=1S/C26H25F4N5O3/c1-31-20-10-17(13-32-14-20)23(36)35-25(8-9-38-15-25)24(37)33-12-16-2-5-19(6-3-16)34-22-7-4-18(27)11-21(22)26(28,29)30/h2-7,10-11,13-14,31,34H,8-9,12,15H2,1H3,(H,33,37)(H,35,36)/t25-/m0/s1. The number of carbonyl (C=O) groups is 2. The fraction of sp³-hybridized carbons (Fsp3) is 0.269. The summed E-state index contributed by atoms with van der Waals surface area (Å²) in [7, 11) is 1.70. The van der Waals surface area contributed by atoms with Gasteiger partial charge in [0.15, 0.2) is 0 Å². The summed E-state index contributed by atoms with van der Waals surface area (Å²) < 4.78 is 58.5. The lowest BCUT2D eigenvalue weighted by Gasteiger charge is -2.27. The Morgan fingerprint density at radius 1 is 1.05 bits per heavy atom. The molecule has 8 nitrogen and oxygen atoms in total. The van der Waals surface area contributed by atoms with Gasteiger partial charge in [-0.25, -0.2) is 4.39 Å². The number of ether oxygens (including phenoxy) is 1. The first kappa shape index (κ1) is 26.9. The molecule has 0 aliphatic carbocycles. The molecule has 3 aromatic rings. The molecule has 12 heteroatoms. The fourth-order valence-corrected chi connectivity index (χ4v) is 3.96. The maximum absolute atomic E-state index is 13.3. The third-order valence-electron chi connectivity index (χ3n) is 6.07. The molecule has 0 saturated carbocycles. The average molecular weight is 532 g/mol. The van der Waals surface area contributed by atoms with Gasteiger partial charge in [-0.15, -0.1) is 0 Å². The number of hydrogen-bond acceptors (Lipinski definition) is 6. The molecule has 1 fully saturated rings. The number of anilines is 3. The van der Waals surface area contributed by atoms with E-state index < -0.39 is 34.9 Å². The molecule has 1 aliphatic rings. The highest BCUT2D eigenvalue weighted by Gasteiger charge is 2.43. The van der Waals surface area contributed by atoms with E-state index in [1.807, 2.05) is 0 Å². The van der Waals surface area contributed by atoms with Gasteiger partial charge in [0.25, 0.3) is 5.91 Å². The Morgan fingerprint density at radius 2 is 1.82 bits per heavy atom. The number of pyridine rings is 1. The van der Waals surface area contributed by atoms with E-state index in [1.165, 1.54) is 6.20 Å². The first-order valence-corrected chi connectivity index (χ1v) is 11.6. The Morgan fingerprint density at radius 3 is 2.47 bits per heavy atom. The summed E-state index contributed by atoms with van der Waals surface area (Å²) in [6.07, 6.45) is -1.48. The van der Waals surface area contributed by atoms with E-state index >= 15 is 0 Å². The van der Waals surface area contributed by atoms with Crippen molar-refractivity contribution in [1.29, 1.82) is 0 Å². The van der Waals surface area contributed by atoms with E-state index in [2.05, 4.69) is 26.3 Å². The van der Waals surface area contributed by atoms with Crippen molar-refractivity contribution in [2.75, 3.05) is 30.9 Å². The van der Waals surface area contributed by atoms with E-state index in [0.29, 0.717) is 29.6 Å². The van der Waals surface area contributed by atoms with Gasteiger partial charge in [-0.2, -0.15) is 13.2 Å². The molecule has 0 spiro atoms. The summed E-state index contributed by atoms with van der Waals surface area (Å²) in [6, 6.07) is 10.4. The van der Waals surface area contributed by atoms with Crippen LogP contribution in [0.2, 0.25) is 0 Å². The Bertz CT molecular complexity index is 1310. The molecule has 200 valence electrons. The predicted molar refractivity (Wildman–Crippen MR) is 132 cm³/mol. The molecular weight excluding hydrogens is 506 g/mol. The van der Waals surface area contributed by atoms with Crippen molar-refractivity contribution in [3.63, 3.8) is 0 Å². The molecule has 1 aliphatic heterocycles. The van der Waals surface area contributed by atoms with Gasteiger partial charge in [-0.3, -0.25) is 14.6 Å². The number of hydrogen-bond donors (Lipinski definition) is 4. The van der Waals surface area contributed by atoms with Crippen molar-refractivity contribution in [2.45, 2.75) is 24.7 Å². The highest BCUT2D eigenvalue weighted by molar-refractivity contribution is 5.99. The third kappa shape index (κ3) is 6.20. The SMILES string of the molecule is CNc1cncc(C(=O)N[C@@]2(C(=O)NCc3ccc(Nc4ccc(F)cc4C(F)(F)F)cc3)CCOC2)c1. The second kappa shape index (κ2) is 11.1. The van der Waals surface area contributed by atoms with Gasteiger partial charge in [0.2, 0.25) is 5.91 Å². The molecule has 4 rings (SSSR count). The predicted octanol–water partition coefficient (Wildman–Crippen LogP) is 4.23. The Hall–Kier alpha value is -4.19. The minimum absolute atomic E-state index is 0.00574. The van der Waals surface area contributed by atoms with Gasteiger partial charge in [0.1, 0.15) is 11.4 Å². The summed E-state index contributed by atoms with van der Waals surface area (Å²) in [5, 5.41) is 11.1. The molecular formula is C26H25F4N5O3. The van der Waals surface area contributed by atoms with Crippen LogP contribution >= 0.6 is 0 Å². The Balaban J connectivity index is 1.40. The van der Waals surface area contributed by atoms with Crippen LogP contribution in [0.5, 0.6) is 0 Å². The maximum Gasteiger partial charge on any atom is 0.418 e. The Labute approximate surface area is 215 Å². The molecule has 0 unspecified atom stereocenters. The van der Waals surface area contributed by atoms with Crippen LogP contribution < -0.4 is 21.3 Å². The molecule has 38 heavy (non-hydrogen) atoms. The molecule has 1 aromatic heterocycles. The number of nitrogens with one attached hydrogen (secondary N) is 4. The zero-order chi connectivity index (χ0) is 27.3. The smallest absolute Gasteiger partial charge is 0.387 e. The van der Waals surface area contributed by atoms with Crippen LogP contribution in [0.1, 0.15) is 27.9 Å². The van der Waals surface area contributed by atoms with Gasteiger partial charge in [-0.05, 0) is 42.0 Å². The quantitative estimate of drug-likeness (QED) is 0.325. The lowest BCUT2D eigenvalue weighted by atomic mass is 9.96.